The van der Waals surface area contributed by atoms with Crippen LogP contribution in [0.3, 0.4) is 0 Å². The third-order valence-electron chi connectivity index (χ3n) is 5.95. The minimum Gasteiger partial charge on any atom is -0.371 e. The molecule has 0 saturated carbocycles. The summed E-state index contributed by atoms with van der Waals surface area (Å²) < 4.78 is 1.08. The average molecular weight is 487 g/mol. The largest absolute Gasteiger partial charge is 0.371 e. The van der Waals surface area contributed by atoms with E-state index in [1.54, 1.807) is 12.4 Å². The van der Waals surface area contributed by atoms with Crippen LogP contribution >= 0.6 is 15.9 Å². The molecule has 5 nitrogen and oxygen atoms in total. The van der Waals surface area contributed by atoms with Gasteiger partial charge in [-0.3, -0.25) is 9.78 Å². The summed E-state index contributed by atoms with van der Waals surface area (Å²) in [6, 6.07) is 21.9. The number of amides is 1. The van der Waals surface area contributed by atoms with Crippen molar-refractivity contribution in [3.63, 3.8) is 0 Å². The first-order valence-corrected chi connectivity index (χ1v) is 11.6. The zero-order valence-corrected chi connectivity index (χ0v) is 19.1. The minimum atomic E-state index is -0.0557. The van der Waals surface area contributed by atoms with E-state index in [0.29, 0.717) is 18.0 Å². The molecule has 2 aromatic carbocycles. The third-order valence-corrected chi connectivity index (χ3v) is 6.44. The normalized spacial score (nSPS) is 15.8. The van der Waals surface area contributed by atoms with E-state index in [4.69, 9.17) is 4.98 Å². The van der Waals surface area contributed by atoms with Crippen LogP contribution in [0, 0.1) is 5.92 Å². The summed E-state index contributed by atoms with van der Waals surface area (Å²) in [5, 5.41) is 4.05. The Balaban J connectivity index is 1.33. The molecule has 0 bridgehead atoms. The van der Waals surface area contributed by atoms with Gasteiger partial charge in [0.1, 0.15) is 0 Å². The molecule has 1 atom stereocenters. The number of carbonyl (C=O) groups excluding carboxylic acids is 1. The van der Waals surface area contributed by atoms with E-state index in [0.717, 1.165) is 46.1 Å². The monoisotopic (exact) mass is 486 g/mol. The fraction of sp³-hybridized carbons (Fsp3) is 0.192. The van der Waals surface area contributed by atoms with Crippen molar-refractivity contribution in [3.8, 4) is 11.3 Å². The van der Waals surface area contributed by atoms with Crippen molar-refractivity contribution >= 4 is 38.4 Å². The number of pyridine rings is 2. The molecular weight excluding hydrogens is 464 g/mol. The van der Waals surface area contributed by atoms with Crippen molar-refractivity contribution in [3.05, 3.63) is 89.2 Å². The molecule has 2 aromatic heterocycles. The van der Waals surface area contributed by atoms with Gasteiger partial charge in [0.2, 0.25) is 0 Å². The molecule has 6 heteroatoms. The van der Waals surface area contributed by atoms with Crippen molar-refractivity contribution in [1.29, 1.82) is 0 Å². The average Bonchev–Trinajstić information content (AvgIpc) is 3.31. The van der Waals surface area contributed by atoms with Crippen molar-refractivity contribution in [2.24, 2.45) is 5.92 Å². The van der Waals surface area contributed by atoms with Crippen LogP contribution in [-0.4, -0.2) is 35.5 Å². The third kappa shape index (κ3) is 4.36. The number of carbonyl (C=O) groups is 1. The van der Waals surface area contributed by atoms with Crippen molar-refractivity contribution in [1.82, 2.24) is 15.3 Å². The molecule has 1 unspecified atom stereocenters. The van der Waals surface area contributed by atoms with E-state index in [-0.39, 0.29) is 5.91 Å². The Morgan fingerprint density at radius 3 is 2.75 bits per heavy atom. The summed E-state index contributed by atoms with van der Waals surface area (Å²) in [5.74, 6) is 0.366. The smallest absolute Gasteiger partial charge is 0.252 e. The van der Waals surface area contributed by atoms with Gasteiger partial charge in [-0.15, -0.1) is 0 Å². The molecule has 0 spiro atoms. The molecule has 1 aliphatic rings. The molecule has 1 saturated heterocycles. The Kier molecular flexibility index (Phi) is 5.86. The first kappa shape index (κ1) is 20.6. The Bertz CT molecular complexity index is 1260. The van der Waals surface area contributed by atoms with Crippen LogP contribution in [0.5, 0.6) is 0 Å². The molecule has 160 valence electrons. The van der Waals surface area contributed by atoms with Crippen molar-refractivity contribution in [2.45, 2.75) is 6.42 Å². The van der Waals surface area contributed by atoms with E-state index in [9.17, 15) is 4.79 Å². The van der Waals surface area contributed by atoms with Gasteiger partial charge in [-0.1, -0.05) is 40.2 Å². The van der Waals surface area contributed by atoms with Gasteiger partial charge in [0.05, 0.1) is 16.8 Å². The molecule has 3 heterocycles. The van der Waals surface area contributed by atoms with Gasteiger partial charge >= 0.3 is 0 Å². The van der Waals surface area contributed by atoms with E-state index in [2.05, 4.69) is 49.3 Å². The van der Waals surface area contributed by atoms with Gasteiger partial charge in [-0.25, -0.2) is 4.98 Å². The number of para-hydroxylation sites is 1. The van der Waals surface area contributed by atoms with Gasteiger partial charge in [-0.2, -0.15) is 0 Å². The Labute approximate surface area is 195 Å². The van der Waals surface area contributed by atoms with Gasteiger partial charge in [0.25, 0.3) is 5.91 Å². The number of nitrogens with zero attached hydrogens (tertiary/aromatic N) is 3. The van der Waals surface area contributed by atoms with E-state index in [1.807, 2.05) is 48.5 Å². The van der Waals surface area contributed by atoms with Crippen LogP contribution < -0.4 is 10.2 Å². The molecule has 1 amide bonds. The van der Waals surface area contributed by atoms with E-state index < -0.39 is 0 Å². The summed E-state index contributed by atoms with van der Waals surface area (Å²) in [6.07, 6.45) is 4.54. The molecule has 1 aliphatic heterocycles. The first-order chi connectivity index (χ1) is 15.7. The Morgan fingerprint density at radius 2 is 1.91 bits per heavy atom. The van der Waals surface area contributed by atoms with Crippen molar-refractivity contribution in [2.75, 3.05) is 24.5 Å². The maximum atomic E-state index is 13.2. The van der Waals surface area contributed by atoms with Crippen molar-refractivity contribution < 1.29 is 4.79 Å². The fourth-order valence-electron chi connectivity index (χ4n) is 4.27. The highest BCUT2D eigenvalue weighted by molar-refractivity contribution is 9.10. The SMILES string of the molecule is O=C(NCC1CCN(c2cccc(Br)c2)C1)c1cc(-c2ccncc2)nc2ccccc12. The molecule has 5 rings (SSSR count). The van der Waals surface area contributed by atoms with Crippen LogP contribution in [0.25, 0.3) is 22.2 Å². The number of aromatic nitrogens is 2. The molecule has 0 aliphatic carbocycles. The number of hydrogen-bond donors (Lipinski definition) is 1. The summed E-state index contributed by atoms with van der Waals surface area (Å²) in [7, 11) is 0. The quantitative estimate of drug-likeness (QED) is 0.414. The maximum Gasteiger partial charge on any atom is 0.252 e. The predicted octanol–water partition coefficient (Wildman–Crippen LogP) is 5.32. The first-order valence-electron chi connectivity index (χ1n) is 10.8. The highest BCUT2D eigenvalue weighted by Gasteiger charge is 2.24. The summed E-state index contributed by atoms with van der Waals surface area (Å²) in [5.41, 5.74) is 4.41. The number of benzene rings is 2. The Hall–Kier alpha value is -3.25. The number of nitrogens with one attached hydrogen (secondary N) is 1. The van der Waals surface area contributed by atoms with Crippen LogP contribution in [-0.2, 0) is 0 Å². The van der Waals surface area contributed by atoms with E-state index >= 15 is 0 Å². The molecule has 32 heavy (non-hydrogen) atoms. The van der Waals surface area contributed by atoms with Crippen LogP contribution in [0.2, 0.25) is 0 Å². The Morgan fingerprint density at radius 1 is 1.06 bits per heavy atom. The molecule has 1 fully saturated rings. The zero-order chi connectivity index (χ0) is 21.9. The minimum absolute atomic E-state index is 0.0557. The zero-order valence-electron chi connectivity index (χ0n) is 17.5. The number of rotatable bonds is 5. The van der Waals surface area contributed by atoms with Gasteiger partial charge < -0.3 is 10.2 Å². The van der Waals surface area contributed by atoms with Crippen LogP contribution in [0.15, 0.2) is 83.6 Å². The second-order valence-corrected chi connectivity index (χ2v) is 9.01. The van der Waals surface area contributed by atoms with Crippen LogP contribution in [0.4, 0.5) is 5.69 Å². The predicted molar refractivity (Wildman–Crippen MR) is 132 cm³/mol. The second kappa shape index (κ2) is 9.09. The maximum absolute atomic E-state index is 13.2. The topological polar surface area (TPSA) is 58.1 Å². The van der Waals surface area contributed by atoms with Gasteiger partial charge in [0.15, 0.2) is 0 Å². The standard InChI is InChI=1S/C26H23BrN4O/c27-20-4-3-5-21(14-20)31-13-10-18(17-31)16-29-26(32)23-15-25(19-8-11-28-12-9-19)30-24-7-2-1-6-22(23)24/h1-9,11-12,14-15,18H,10,13,16-17H2,(H,29,32). The number of anilines is 1. The lowest BCUT2D eigenvalue weighted by Crippen LogP contribution is -2.31. The summed E-state index contributed by atoms with van der Waals surface area (Å²) >= 11 is 3.55. The lowest BCUT2D eigenvalue weighted by atomic mass is 10.0. The highest BCUT2D eigenvalue weighted by atomic mass is 79.9. The van der Waals surface area contributed by atoms with Gasteiger partial charge in [0, 0.05) is 53.1 Å². The fourth-order valence-corrected chi connectivity index (χ4v) is 4.66. The number of halogens is 1. The van der Waals surface area contributed by atoms with Crippen LogP contribution in [0.1, 0.15) is 16.8 Å². The second-order valence-electron chi connectivity index (χ2n) is 8.10. The highest BCUT2D eigenvalue weighted by Crippen LogP contribution is 2.27. The van der Waals surface area contributed by atoms with Gasteiger partial charge in [-0.05, 0) is 54.8 Å². The summed E-state index contributed by atoms with van der Waals surface area (Å²) in [4.78, 5) is 24.4. The lowest BCUT2D eigenvalue weighted by molar-refractivity contribution is 0.0950. The molecular formula is C26H23BrN4O. The molecule has 1 N–H and O–H groups in total. The number of fused-ring (bicyclic) bond motifs is 1. The molecule has 0 radical (unpaired) electrons. The van der Waals surface area contributed by atoms with E-state index in [1.165, 1.54) is 5.69 Å². The lowest BCUT2D eigenvalue weighted by Gasteiger charge is -2.19. The molecule has 4 aromatic rings. The number of hydrogen-bond acceptors (Lipinski definition) is 4. The summed E-state index contributed by atoms with van der Waals surface area (Å²) in [6.45, 7) is 2.60.